The molecule has 110 valence electrons. The van der Waals surface area contributed by atoms with Crippen LogP contribution in [0.4, 0.5) is 14.5 Å². The summed E-state index contributed by atoms with van der Waals surface area (Å²) in [5.74, 6) is -1.62. The molecule has 1 saturated carbocycles. The number of halogens is 2. The molecule has 4 heteroatoms. The van der Waals surface area contributed by atoms with E-state index in [0.717, 1.165) is 18.4 Å². The molecule has 0 heterocycles. The van der Waals surface area contributed by atoms with Crippen LogP contribution in [0.1, 0.15) is 24.0 Å². The first-order valence-corrected chi connectivity index (χ1v) is 7.18. The normalized spacial score (nSPS) is 14.2. The first-order chi connectivity index (χ1) is 10.2. The first kappa shape index (κ1) is 14.0. The molecule has 1 aliphatic carbocycles. The van der Waals surface area contributed by atoms with Crippen LogP contribution in [0, 0.1) is 11.6 Å². The van der Waals surface area contributed by atoms with E-state index in [2.05, 4.69) is 0 Å². The summed E-state index contributed by atoms with van der Waals surface area (Å²) in [5, 5.41) is 0. The van der Waals surface area contributed by atoms with E-state index < -0.39 is 11.6 Å². The van der Waals surface area contributed by atoms with Gasteiger partial charge in [-0.05, 0) is 24.5 Å². The van der Waals surface area contributed by atoms with E-state index in [0.29, 0.717) is 18.3 Å². The Labute approximate surface area is 123 Å². The summed E-state index contributed by atoms with van der Waals surface area (Å²) in [6.45, 7) is 0.592. The summed E-state index contributed by atoms with van der Waals surface area (Å²) in [6, 6.07) is 13.4. The monoisotopic (exact) mass is 288 g/mol. The molecule has 1 aliphatic rings. The highest BCUT2D eigenvalue weighted by Gasteiger charge is 2.31. The maximum Gasteiger partial charge on any atom is 0.182 e. The summed E-state index contributed by atoms with van der Waals surface area (Å²) in [4.78, 5) is 1.95. The maximum absolute atomic E-state index is 14.3. The van der Waals surface area contributed by atoms with Crippen LogP contribution in [0.15, 0.2) is 42.5 Å². The Morgan fingerprint density at radius 3 is 2.33 bits per heavy atom. The van der Waals surface area contributed by atoms with Gasteiger partial charge in [-0.1, -0.05) is 36.4 Å². The molecule has 21 heavy (non-hydrogen) atoms. The van der Waals surface area contributed by atoms with Crippen LogP contribution in [0.5, 0.6) is 0 Å². The molecule has 0 radical (unpaired) electrons. The summed E-state index contributed by atoms with van der Waals surface area (Å²) in [6.07, 6.45) is 2.04. The average Bonchev–Trinajstić information content (AvgIpc) is 3.34. The van der Waals surface area contributed by atoms with E-state index in [9.17, 15) is 8.78 Å². The lowest BCUT2D eigenvalue weighted by Gasteiger charge is -2.26. The van der Waals surface area contributed by atoms with Gasteiger partial charge in [-0.2, -0.15) is 0 Å². The number of nitrogens with zero attached hydrogens (tertiary/aromatic N) is 1. The molecule has 2 N–H and O–H groups in total. The molecular weight excluding hydrogens is 270 g/mol. The number of rotatable bonds is 5. The van der Waals surface area contributed by atoms with Crippen LogP contribution < -0.4 is 10.6 Å². The molecule has 2 aromatic rings. The fourth-order valence-corrected chi connectivity index (χ4v) is 2.54. The van der Waals surface area contributed by atoms with Crippen molar-refractivity contribution in [2.75, 3.05) is 4.90 Å². The minimum Gasteiger partial charge on any atom is -0.362 e. The third-order valence-electron chi connectivity index (χ3n) is 3.85. The molecule has 0 aromatic heterocycles. The fraction of sp³-hybridized carbons (Fsp3) is 0.294. The van der Waals surface area contributed by atoms with Gasteiger partial charge >= 0.3 is 0 Å². The van der Waals surface area contributed by atoms with Crippen molar-refractivity contribution >= 4 is 5.69 Å². The number of benzene rings is 2. The predicted octanol–water partition coefficient (Wildman–Crippen LogP) is 3.59. The van der Waals surface area contributed by atoms with Crippen LogP contribution in [0.2, 0.25) is 0 Å². The predicted molar refractivity (Wildman–Crippen MR) is 79.9 cm³/mol. The molecule has 0 saturated heterocycles. The maximum atomic E-state index is 14.3. The summed E-state index contributed by atoms with van der Waals surface area (Å²) in [5.41, 5.74) is 7.06. The Hall–Kier alpha value is -1.94. The third kappa shape index (κ3) is 2.90. The van der Waals surface area contributed by atoms with Crippen LogP contribution in [0.25, 0.3) is 0 Å². The quantitative estimate of drug-likeness (QED) is 0.911. The van der Waals surface area contributed by atoms with Gasteiger partial charge in [0.2, 0.25) is 0 Å². The van der Waals surface area contributed by atoms with E-state index in [1.54, 1.807) is 12.1 Å². The number of anilines is 1. The molecule has 0 unspecified atom stereocenters. The van der Waals surface area contributed by atoms with Gasteiger partial charge in [0.25, 0.3) is 0 Å². The largest absolute Gasteiger partial charge is 0.362 e. The molecule has 0 amide bonds. The van der Waals surface area contributed by atoms with E-state index in [1.807, 2.05) is 35.2 Å². The molecule has 0 aliphatic heterocycles. The van der Waals surface area contributed by atoms with Crippen LogP contribution in [-0.4, -0.2) is 6.04 Å². The molecule has 0 spiro atoms. The Morgan fingerprint density at radius 2 is 1.71 bits per heavy atom. The van der Waals surface area contributed by atoms with Gasteiger partial charge in [-0.25, -0.2) is 8.78 Å². The molecular formula is C17H18F2N2. The lowest BCUT2D eigenvalue weighted by molar-refractivity contribution is 0.496. The average molecular weight is 288 g/mol. The van der Waals surface area contributed by atoms with E-state index in [4.69, 9.17) is 5.73 Å². The molecule has 3 rings (SSSR count). The minimum absolute atomic E-state index is 0.00511. The Balaban J connectivity index is 1.93. The summed E-state index contributed by atoms with van der Waals surface area (Å²) in [7, 11) is 0. The lowest BCUT2D eigenvalue weighted by Crippen LogP contribution is -2.26. The fourth-order valence-electron chi connectivity index (χ4n) is 2.54. The van der Waals surface area contributed by atoms with Crippen LogP contribution >= 0.6 is 0 Å². The van der Waals surface area contributed by atoms with E-state index in [1.165, 1.54) is 0 Å². The SMILES string of the molecule is NCc1ccc(N(Cc2ccccc2)C2CC2)c(F)c1F. The smallest absolute Gasteiger partial charge is 0.182 e. The molecule has 0 bridgehead atoms. The van der Waals surface area contributed by atoms with Gasteiger partial charge in [0.05, 0.1) is 5.69 Å². The second-order valence-electron chi connectivity index (χ2n) is 5.42. The van der Waals surface area contributed by atoms with Crippen LogP contribution in [-0.2, 0) is 13.1 Å². The summed E-state index contributed by atoms with van der Waals surface area (Å²) < 4.78 is 28.3. The zero-order valence-electron chi connectivity index (χ0n) is 11.7. The molecule has 0 atom stereocenters. The van der Waals surface area contributed by atoms with Gasteiger partial charge < -0.3 is 10.6 Å². The van der Waals surface area contributed by atoms with Crippen molar-refractivity contribution in [2.45, 2.75) is 32.0 Å². The highest BCUT2D eigenvalue weighted by atomic mass is 19.2. The van der Waals surface area contributed by atoms with Crippen molar-refractivity contribution in [3.63, 3.8) is 0 Å². The summed E-state index contributed by atoms with van der Waals surface area (Å²) >= 11 is 0. The molecule has 2 nitrogen and oxygen atoms in total. The van der Waals surface area contributed by atoms with Crippen molar-refractivity contribution in [1.29, 1.82) is 0 Å². The number of hydrogen-bond acceptors (Lipinski definition) is 2. The highest BCUT2D eigenvalue weighted by Crippen LogP contribution is 2.35. The highest BCUT2D eigenvalue weighted by molar-refractivity contribution is 5.52. The van der Waals surface area contributed by atoms with Crippen molar-refractivity contribution in [3.8, 4) is 0 Å². The van der Waals surface area contributed by atoms with Crippen LogP contribution in [0.3, 0.4) is 0 Å². The number of nitrogens with two attached hydrogens (primary N) is 1. The second-order valence-corrected chi connectivity index (χ2v) is 5.42. The Kier molecular flexibility index (Phi) is 3.88. The van der Waals surface area contributed by atoms with Crippen molar-refractivity contribution in [3.05, 3.63) is 65.2 Å². The van der Waals surface area contributed by atoms with Crippen molar-refractivity contribution < 1.29 is 8.78 Å². The standard InChI is InChI=1S/C17H18F2N2/c18-16-13(10-20)6-9-15(17(16)19)21(14-7-8-14)11-12-4-2-1-3-5-12/h1-6,9,14H,7-8,10-11,20H2. The second kappa shape index (κ2) is 5.82. The zero-order valence-corrected chi connectivity index (χ0v) is 11.7. The topological polar surface area (TPSA) is 29.3 Å². The van der Waals surface area contributed by atoms with E-state index >= 15 is 0 Å². The van der Waals surface area contributed by atoms with Crippen molar-refractivity contribution in [2.24, 2.45) is 5.73 Å². The Morgan fingerprint density at radius 1 is 1.00 bits per heavy atom. The zero-order chi connectivity index (χ0) is 14.8. The third-order valence-corrected chi connectivity index (χ3v) is 3.85. The molecule has 2 aromatic carbocycles. The number of hydrogen-bond donors (Lipinski definition) is 1. The van der Waals surface area contributed by atoms with Gasteiger partial charge in [0.1, 0.15) is 0 Å². The lowest BCUT2D eigenvalue weighted by atomic mass is 10.1. The van der Waals surface area contributed by atoms with Gasteiger partial charge in [-0.3, -0.25) is 0 Å². The van der Waals surface area contributed by atoms with E-state index in [-0.39, 0.29) is 12.1 Å². The molecule has 1 fully saturated rings. The minimum atomic E-state index is -0.825. The van der Waals surface area contributed by atoms with Crippen molar-refractivity contribution in [1.82, 2.24) is 0 Å². The Bertz CT molecular complexity index is 624. The van der Waals surface area contributed by atoms with Gasteiger partial charge in [-0.15, -0.1) is 0 Å². The van der Waals surface area contributed by atoms with Gasteiger partial charge in [0.15, 0.2) is 11.6 Å². The van der Waals surface area contributed by atoms with Gasteiger partial charge in [0, 0.05) is 24.7 Å². The first-order valence-electron chi connectivity index (χ1n) is 7.18.